The van der Waals surface area contributed by atoms with E-state index in [9.17, 15) is 14.7 Å². The number of ether oxygens (including phenoxy) is 1. The Balaban J connectivity index is 2.57. The van der Waals surface area contributed by atoms with E-state index in [4.69, 9.17) is 4.74 Å². The molecule has 0 radical (unpaired) electrons. The molecule has 5 heteroatoms. The van der Waals surface area contributed by atoms with Crippen LogP contribution in [0.15, 0.2) is 12.7 Å². The summed E-state index contributed by atoms with van der Waals surface area (Å²) in [7, 11) is 0. The molecule has 1 amide bonds. The van der Waals surface area contributed by atoms with Gasteiger partial charge in [-0.3, -0.25) is 4.79 Å². The van der Waals surface area contributed by atoms with Crippen LogP contribution in [-0.4, -0.2) is 40.8 Å². The minimum Gasteiger partial charge on any atom is -0.481 e. The Morgan fingerprint density at radius 2 is 2.00 bits per heavy atom. The number of carboxylic acids is 1. The molecule has 1 aliphatic heterocycles. The van der Waals surface area contributed by atoms with Gasteiger partial charge in [0.15, 0.2) is 0 Å². The molecule has 1 aliphatic rings. The number of hydrogen-bond acceptors (Lipinski definition) is 3. The van der Waals surface area contributed by atoms with Gasteiger partial charge in [-0.25, -0.2) is 4.79 Å². The van der Waals surface area contributed by atoms with Crippen LogP contribution in [0.1, 0.15) is 59.3 Å². The number of amides is 1. The number of carboxylic acid groups (broad SMARTS) is 1. The van der Waals surface area contributed by atoms with Gasteiger partial charge in [0, 0.05) is 13.1 Å². The lowest BCUT2D eigenvalue weighted by Crippen LogP contribution is -2.39. The van der Waals surface area contributed by atoms with E-state index in [1.165, 1.54) is 4.90 Å². The van der Waals surface area contributed by atoms with Crippen LogP contribution in [0.25, 0.3) is 0 Å². The number of unbranched alkanes of at least 4 members (excludes halogenated alkanes) is 3. The molecule has 1 N–H and O–H groups in total. The predicted molar refractivity (Wildman–Crippen MR) is 85.8 cm³/mol. The van der Waals surface area contributed by atoms with Crippen LogP contribution in [0.3, 0.4) is 0 Å². The van der Waals surface area contributed by atoms with Crippen molar-refractivity contribution in [3.63, 3.8) is 0 Å². The summed E-state index contributed by atoms with van der Waals surface area (Å²) in [6.45, 7) is 9.82. The van der Waals surface area contributed by atoms with Crippen molar-refractivity contribution in [1.29, 1.82) is 0 Å². The molecule has 0 aromatic heterocycles. The normalized spacial score (nSPS) is 21.7. The molecule has 1 atom stereocenters. The van der Waals surface area contributed by atoms with Crippen molar-refractivity contribution >= 4 is 12.1 Å². The summed E-state index contributed by atoms with van der Waals surface area (Å²) in [4.78, 5) is 25.3. The molecule has 22 heavy (non-hydrogen) atoms. The standard InChI is InChI=1S/C17H29NO4/c1-5-6-7-8-9-10-17(14(19)20)11-12-18(13-17)15(21)22-16(2,3)4/h5H,1,6-13H2,2-4H3,(H,19,20). The fourth-order valence-electron chi connectivity index (χ4n) is 2.77. The van der Waals surface area contributed by atoms with E-state index >= 15 is 0 Å². The smallest absolute Gasteiger partial charge is 0.410 e. The van der Waals surface area contributed by atoms with Gasteiger partial charge in [0.2, 0.25) is 0 Å². The van der Waals surface area contributed by atoms with Crippen molar-refractivity contribution in [3.05, 3.63) is 12.7 Å². The van der Waals surface area contributed by atoms with Gasteiger partial charge in [-0.2, -0.15) is 0 Å². The van der Waals surface area contributed by atoms with Gasteiger partial charge in [-0.15, -0.1) is 6.58 Å². The summed E-state index contributed by atoms with van der Waals surface area (Å²) in [5.41, 5.74) is -1.37. The van der Waals surface area contributed by atoms with Gasteiger partial charge < -0.3 is 14.7 Å². The van der Waals surface area contributed by atoms with Crippen LogP contribution in [0.2, 0.25) is 0 Å². The molecule has 1 fully saturated rings. The fourth-order valence-corrected chi connectivity index (χ4v) is 2.77. The Bertz CT molecular complexity index is 413. The van der Waals surface area contributed by atoms with Gasteiger partial charge in [0.05, 0.1) is 5.41 Å². The van der Waals surface area contributed by atoms with Crippen molar-refractivity contribution in [1.82, 2.24) is 4.90 Å². The molecule has 126 valence electrons. The Labute approximate surface area is 133 Å². The number of allylic oxidation sites excluding steroid dienone is 1. The van der Waals surface area contributed by atoms with E-state index in [1.807, 2.05) is 26.8 Å². The molecule has 0 aromatic carbocycles. The van der Waals surface area contributed by atoms with Crippen molar-refractivity contribution in [2.75, 3.05) is 13.1 Å². The zero-order valence-electron chi connectivity index (χ0n) is 14.1. The molecular formula is C17H29NO4. The minimum atomic E-state index is -0.814. The highest BCUT2D eigenvalue weighted by Gasteiger charge is 2.46. The maximum atomic E-state index is 12.1. The molecule has 1 saturated heterocycles. The van der Waals surface area contributed by atoms with E-state index in [-0.39, 0.29) is 6.54 Å². The average Bonchev–Trinajstić information content (AvgIpc) is 2.82. The lowest BCUT2D eigenvalue weighted by molar-refractivity contribution is -0.148. The predicted octanol–water partition coefficient (Wildman–Crippen LogP) is 3.83. The van der Waals surface area contributed by atoms with Gasteiger partial charge in [-0.1, -0.05) is 18.9 Å². The van der Waals surface area contributed by atoms with Crippen LogP contribution in [0, 0.1) is 5.41 Å². The number of aliphatic carboxylic acids is 1. The van der Waals surface area contributed by atoms with Crippen LogP contribution in [-0.2, 0) is 9.53 Å². The Morgan fingerprint density at radius 3 is 2.55 bits per heavy atom. The van der Waals surface area contributed by atoms with Crippen molar-refractivity contribution < 1.29 is 19.4 Å². The van der Waals surface area contributed by atoms with Crippen molar-refractivity contribution in [3.8, 4) is 0 Å². The topological polar surface area (TPSA) is 66.8 Å². The zero-order chi connectivity index (χ0) is 16.8. The molecule has 1 heterocycles. The Hall–Kier alpha value is -1.52. The third kappa shape index (κ3) is 5.35. The second-order valence-corrected chi connectivity index (χ2v) is 7.13. The first-order valence-electron chi connectivity index (χ1n) is 8.02. The molecule has 0 aliphatic carbocycles. The van der Waals surface area contributed by atoms with Crippen LogP contribution < -0.4 is 0 Å². The number of carbonyl (C=O) groups is 2. The third-order valence-electron chi connectivity index (χ3n) is 4.02. The zero-order valence-corrected chi connectivity index (χ0v) is 14.1. The first kappa shape index (κ1) is 18.5. The van der Waals surface area contributed by atoms with E-state index in [1.54, 1.807) is 0 Å². The Kier molecular flexibility index (Phi) is 6.45. The summed E-state index contributed by atoms with van der Waals surface area (Å²) in [5.74, 6) is -0.803. The number of hydrogen-bond donors (Lipinski definition) is 1. The summed E-state index contributed by atoms with van der Waals surface area (Å²) in [6, 6.07) is 0. The van der Waals surface area contributed by atoms with E-state index in [2.05, 4.69) is 6.58 Å². The van der Waals surface area contributed by atoms with Crippen LogP contribution >= 0.6 is 0 Å². The lowest BCUT2D eigenvalue weighted by atomic mass is 9.82. The maximum Gasteiger partial charge on any atom is 0.410 e. The van der Waals surface area contributed by atoms with Gasteiger partial charge in [-0.05, 0) is 46.5 Å². The molecule has 0 spiro atoms. The largest absolute Gasteiger partial charge is 0.481 e. The van der Waals surface area contributed by atoms with E-state index in [0.29, 0.717) is 19.4 Å². The molecular weight excluding hydrogens is 282 g/mol. The number of rotatable bonds is 7. The maximum absolute atomic E-state index is 12.1. The number of carbonyl (C=O) groups excluding carboxylic acids is 1. The minimum absolute atomic E-state index is 0.249. The second kappa shape index (κ2) is 7.65. The summed E-state index contributed by atoms with van der Waals surface area (Å²) < 4.78 is 5.34. The molecule has 0 saturated carbocycles. The molecule has 0 bridgehead atoms. The molecule has 1 unspecified atom stereocenters. The molecule has 1 rings (SSSR count). The fraction of sp³-hybridized carbons (Fsp3) is 0.765. The Morgan fingerprint density at radius 1 is 1.32 bits per heavy atom. The summed E-state index contributed by atoms with van der Waals surface area (Å²) in [6.07, 6.45) is 6.44. The van der Waals surface area contributed by atoms with Crippen LogP contribution in [0.4, 0.5) is 4.79 Å². The SMILES string of the molecule is C=CCCCCCC1(C(=O)O)CCN(C(=O)OC(C)(C)C)C1. The monoisotopic (exact) mass is 311 g/mol. The second-order valence-electron chi connectivity index (χ2n) is 7.13. The third-order valence-corrected chi connectivity index (χ3v) is 4.02. The quantitative estimate of drug-likeness (QED) is 0.573. The van der Waals surface area contributed by atoms with E-state index in [0.717, 1.165) is 25.7 Å². The molecule has 5 nitrogen and oxygen atoms in total. The highest BCUT2D eigenvalue weighted by molar-refractivity contribution is 5.78. The lowest BCUT2D eigenvalue weighted by Gasteiger charge is -2.27. The van der Waals surface area contributed by atoms with Gasteiger partial charge in [0.25, 0.3) is 0 Å². The highest BCUT2D eigenvalue weighted by Crippen LogP contribution is 2.37. The first-order chi connectivity index (χ1) is 10.2. The number of nitrogens with zero attached hydrogens (tertiary/aromatic N) is 1. The first-order valence-corrected chi connectivity index (χ1v) is 8.02. The van der Waals surface area contributed by atoms with Crippen molar-refractivity contribution in [2.45, 2.75) is 64.9 Å². The average molecular weight is 311 g/mol. The summed E-state index contributed by atoms with van der Waals surface area (Å²) in [5, 5.41) is 9.60. The number of likely N-dealkylation sites (tertiary alicyclic amines) is 1. The molecule has 0 aromatic rings. The van der Waals surface area contributed by atoms with E-state index < -0.39 is 23.1 Å². The van der Waals surface area contributed by atoms with Gasteiger partial charge >= 0.3 is 12.1 Å². The van der Waals surface area contributed by atoms with Crippen LogP contribution in [0.5, 0.6) is 0 Å². The van der Waals surface area contributed by atoms with Gasteiger partial charge in [0.1, 0.15) is 5.60 Å². The highest BCUT2D eigenvalue weighted by atomic mass is 16.6. The summed E-state index contributed by atoms with van der Waals surface area (Å²) >= 11 is 0. The van der Waals surface area contributed by atoms with Crippen molar-refractivity contribution in [2.24, 2.45) is 5.41 Å².